The number of rotatable bonds is 3. The highest BCUT2D eigenvalue weighted by Gasteiger charge is 2.54. The second kappa shape index (κ2) is 9.37. The van der Waals surface area contributed by atoms with Gasteiger partial charge < -0.3 is 20.0 Å². The van der Waals surface area contributed by atoms with Gasteiger partial charge in [0.25, 0.3) is 0 Å². The molecule has 9 nitrogen and oxygen atoms in total. The van der Waals surface area contributed by atoms with E-state index in [1.54, 1.807) is 24.7 Å². The van der Waals surface area contributed by atoms with Gasteiger partial charge in [-0.2, -0.15) is 13.2 Å². The standard InChI is InChI=1S/C18H21N5O2.C2HF3O2/c24-16(25)18-6-3-10-22(17-20-8-4-9-21-17)11-14(18)12-23(13-18)15-5-1-2-7-19-15;3-2(4,5)1(6)7/h1-2,4-5,7-9,14H,3,6,10-13H2,(H,24,25);(H,6,7)/t14-,18-;/m0./s1. The summed E-state index contributed by atoms with van der Waals surface area (Å²) in [6.07, 6.45) is 1.61. The lowest BCUT2D eigenvalue weighted by molar-refractivity contribution is -0.192. The molecule has 2 N–H and O–H groups in total. The van der Waals surface area contributed by atoms with Gasteiger partial charge >= 0.3 is 18.1 Å². The molecule has 0 radical (unpaired) electrons. The second-order valence-electron chi connectivity index (χ2n) is 7.63. The third kappa shape index (κ3) is 5.06. The first-order valence-electron chi connectivity index (χ1n) is 9.85. The van der Waals surface area contributed by atoms with Crippen LogP contribution in [0, 0.1) is 11.3 Å². The molecule has 0 spiro atoms. The quantitative estimate of drug-likeness (QED) is 0.721. The Hall–Kier alpha value is -3.44. The number of anilines is 2. The number of fused-ring (bicyclic) bond motifs is 1. The lowest BCUT2D eigenvalue weighted by atomic mass is 9.75. The van der Waals surface area contributed by atoms with Crippen molar-refractivity contribution in [2.75, 3.05) is 36.0 Å². The molecule has 2 saturated heterocycles. The van der Waals surface area contributed by atoms with E-state index < -0.39 is 23.5 Å². The van der Waals surface area contributed by atoms with E-state index in [0.717, 1.165) is 18.8 Å². The third-order valence-electron chi connectivity index (χ3n) is 5.66. The molecular weight excluding hydrogens is 431 g/mol. The van der Waals surface area contributed by atoms with Crippen molar-refractivity contribution < 1.29 is 33.0 Å². The van der Waals surface area contributed by atoms with Crippen molar-refractivity contribution in [1.82, 2.24) is 15.0 Å². The number of alkyl halides is 3. The molecule has 2 atom stereocenters. The average Bonchev–Trinajstić information content (AvgIpc) is 3.04. The number of pyridine rings is 1. The summed E-state index contributed by atoms with van der Waals surface area (Å²) < 4.78 is 31.7. The summed E-state index contributed by atoms with van der Waals surface area (Å²) in [6.45, 7) is 2.64. The highest BCUT2D eigenvalue weighted by atomic mass is 19.4. The fourth-order valence-corrected chi connectivity index (χ4v) is 4.13. The fourth-order valence-electron chi connectivity index (χ4n) is 4.13. The van der Waals surface area contributed by atoms with Gasteiger partial charge in [-0.25, -0.2) is 19.7 Å². The first-order chi connectivity index (χ1) is 15.1. The summed E-state index contributed by atoms with van der Waals surface area (Å²) in [5.74, 6) is -1.92. The molecule has 0 aromatic carbocycles. The van der Waals surface area contributed by atoms with E-state index in [1.807, 2.05) is 18.2 Å². The lowest BCUT2D eigenvalue weighted by Crippen LogP contribution is -2.41. The Labute approximate surface area is 181 Å². The predicted molar refractivity (Wildman–Crippen MR) is 107 cm³/mol. The topological polar surface area (TPSA) is 120 Å². The number of halogens is 3. The minimum atomic E-state index is -5.08. The smallest absolute Gasteiger partial charge is 0.481 e. The van der Waals surface area contributed by atoms with E-state index in [9.17, 15) is 23.1 Å². The Bertz CT molecular complexity index is 932. The second-order valence-corrected chi connectivity index (χ2v) is 7.63. The van der Waals surface area contributed by atoms with Crippen LogP contribution in [0.4, 0.5) is 24.9 Å². The van der Waals surface area contributed by atoms with Gasteiger partial charge in [0.15, 0.2) is 0 Å². The van der Waals surface area contributed by atoms with Gasteiger partial charge in [-0.1, -0.05) is 6.07 Å². The number of carbonyl (C=O) groups is 2. The van der Waals surface area contributed by atoms with Crippen LogP contribution >= 0.6 is 0 Å². The Morgan fingerprint density at radius 1 is 1.00 bits per heavy atom. The van der Waals surface area contributed by atoms with Gasteiger partial charge in [0.1, 0.15) is 5.82 Å². The van der Waals surface area contributed by atoms with Crippen LogP contribution in [0.1, 0.15) is 12.8 Å². The summed E-state index contributed by atoms with van der Waals surface area (Å²) in [7, 11) is 0. The first-order valence-corrected chi connectivity index (χ1v) is 9.85. The van der Waals surface area contributed by atoms with Crippen LogP contribution in [0.3, 0.4) is 0 Å². The molecule has 2 fully saturated rings. The van der Waals surface area contributed by atoms with E-state index in [4.69, 9.17) is 9.90 Å². The number of nitrogens with zero attached hydrogens (tertiary/aromatic N) is 5. The Kier molecular flexibility index (Phi) is 6.80. The first kappa shape index (κ1) is 23.2. The van der Waals surface area contributed by atoms with Crippen molar-refractivity contribution in [2.45, 2.75) is 19.0 Å². The zero-order valence-corrected chi connectivity index (χ0v) is 16.9. The third-order valence-corrected chi connectivity index (χ3v) is 5.66. The molecule has 2 aromatic heterocycles. The van der Waals surface area contributed by atoms with E-state index in [2.05, 4.69) is 24.8 Å². The lowest BCUT2D eigenvalue weighted by Gasteiger charge is -2.29. The molecule has 2 aliphatic heterocycles. The van der Waals surface area contributed by atoms with Crippen LogP contribution < -0.4 is 9.80 Å². The number of carboxylic acid groups (broad SMARTS) is 2. The molecule has 0 unspecified atom stereocenters. The summed E-state index contributed by atoms with van der Waals surface area (Å²) in [4.78, 5) is 38.5. The average molecular weight is 453 g/mol. The summed E-state index contributed by atoms with van der Waals surface area (Å²) in [5.41, 5.74) is -0.735. The van der Waals surface area contributed by atoms with Gasteiger partial charge in [0.05, 0.1) is 5.41 Å². The van der Waals surface area contributed by atoms with Gasteiger partial charge in [-0.15, -0.1) is 0 Å². The van der Waals surface area contributed by atoms with E-state index >= 15 is 0 Å². The van der Waals surface area contributed by atoms with E-state index in [0.29, 0.717) is 32.0 Å². The van der Waals surface area contributed by atoms with Crippen molar-refractivity contribution in [3.05, 3.63) is 42.9 Å². The highest BCUT2D eigenvalue weighted by molar-refractivity contribution is 5.77. The van der Waals surface area contributed by atoms with Crippen LogP contribution in [0.2, 0.25) is 0 Å². The maximum absolute atomic E-state index is 12.2. The molecule has 172 valence electrons. The number of aromatic nitrogens is 3. The largest absolute Gasteiger partial charge is 0.490 e. The summed E-state index contributed by atoms with van der Waals surface area (Å²) in [5, 5.41) is 17.2. The fraction of sp³-hybridized carbons (Fsp3) is 0.450. The van der Waals surface area contributed by atoms with Gasteiger partial charge in [0.2, 0.25) is 5.95 Å². The maximum atomic E-state index is 12.2. The molecule has 32 heavy (non-hydrogen) atoms. The SMILES string of the molecule is O=C(O)C(F)(F)F.O=C(O)[C@]12CCCN(c3ncccn3)C[C@H]1CN(c1ccccn1)C2. The van der Waals surface area contributed by atoms with Crippen molar-refractivity contribution in [3.8, 4) is 0 Å². The van der Waals surface area contributed by atoms with Crippen LogP contribution in [-0.4, -0.2) is 69.5 Å². The Morgan fingerprint density at radius 2 is 1.62 bits per heavy atom. The molecule has 0 amide bonds. The normalized spacial score (nSPS) is 22.9. The monoisotopic (exact) mass is 453 g/mol. The van der Waals surface area contributed by atoms with Gasteiger partial charge in [0, 0.05) is 50.7 Å². The predicted octanol–water partition coefficient (Wildman–Crippen LogP) is 2.31. The number of hydrogen-bond donors (Lipinski definition) is 2. The van der Waals surface area contributed by atoms with E-state index in [1.165, 1.54) is 0 Å². The molecular formula is C20H22F3N5O4. The minimum absolute atomic E-state index is 0.0123. The molecule has 4 rings (SSSR count). The summed E-state index contributed by atoms with van der Waals surface area (Å²) in [6, 6.07) is 7.55. The molecule has 12 heteroatoms. The molecule has 2 aromatic rings. The van der Waals surface area contributed by atoms with Crippen LogP contribution in [0.5, 0.6) is 0 Å². The molecule has 0 saturated carbocycles. The zero-order valence-electron chi connectivity index (χ0n) is 16.9. The number of aliphatic carboxylic acids is 2. The van der Waals surface area contributed by atoms with Gasteiger partial charge in [-0.05, 0) is 31.0 Å². The van der Waals surface area contributed by atoms with Gasteiger partial charge in [-0.3, -0.25) is 4.79 Å². The van der Waals surface area contributed by atoms with Crippen molar-refractivity contribution in [3.63, 3.8) is 0 Å². The Morgan fingerprint density at radius 3 is 2.19 bits per heavy atom. The van der Waals surface area contributed by atoms with Crippen molar-refractivity contribution in [2.24, 2.45) is 11.3 Å². The molecule has 4 heterocycles. The number of hydrogen-bond acceptors (Lipinski definition) is 7. The van der Waals surface area contributed by atoms with Crippen LogP contribution in [0.15, 0.2) is 42.9 Å². The van der Waals surface area contributed by atoms with Crippen LogP contribution in [0.25, 0.3) is 0 Å². The molecule has 0 bridgehead atoms. The molecule has 2 aliphatic rings. The van der Waals surface area contributed by atoms with Crippen molar-refractivity contribution >= 4 is 23.7 Å². The number of carboxylic acids is 2. The van der Waals surface area contributed by atoms with Crippen LogP contribution in [-0.2, 0) is 9.59 Å². The van der Waals surface area contributed by atoms with E-state index in [-0.39, 0.29) is 5.92 Å². The molecule has 0 aliphatic carbocycles. The maximum Gasteiger partial charge on any atom is 0.490 e. The van der Waals surface area contributed by atoms with Crippen molar-refractivity contribution in [1.29, 1.82) is 0 Å². The minimum Gasteiger partial charge on any atom is -0.481 e. The Balaban J connectivity index is 0.000000360. The zero-order chi connectivity index (χ0) is 23.4. The highest BCUT2D eigenvalue weighted by Crippen LogP contribution is 2.44. The summed E-state index contributed by atoms with van der Waals surface area (Å²) >= 11 is 0.